The molecular formula is C22H15ClN2O3. The summed E-state index contributed by atoms with van der Waals surface area (Å²) in [6.07, 6.45) is 0. The highest BCUT2D eigenvalue weighted by atomic mass is 35.5. The predicted octanol–water partition coefficient (Wildman–Crippen LogP) is 4.32. The van der Waals surface area contributed by atoms with Crippen molar-refractivity contribution < 1.29 is 9.53 Å². The van der Waals surface area contributed by atoms with Crippen molar-refractivity contribution in [2.24, 2.45) is 0 Å². The molecule has 1 aromatic heterocycles. The zero-order chi connectivity index (χ0) is 19.5. The average molecular weight is 391 g/mol. The molecule has 0 fully saturated rings. The molecule has 0 saturated carbocycles. The van der Waals surface area contributed by atoms with Gasteiger partial charge in [0.1, 0.15) is 5.75 Å². The molecular weight excluding hydrogens is 376 g/mol. The minimum absolute atomic E-state index is 0.0751. The maximum atomic E-state index is 12.8. The summed E-state index contributed by atoms with van der Waals surface area (Å²) >= 11 is 5.95. The zero-order valence-electron chi connectivity index (χ0n) is 14.7. The molecule has 0 bridgehead atoms. The van der Waals surface area contributed by atoms with Gasteiger partial charge in [0.15, 0.2) is 5.69 Å². The van der Waals surface area contributed by atoms with Crippen molar-refractivity contribution in [3.8, 4) is 5.75 Å². The standard InChI is InChI=1S/C22H15ClN2O3/c23-16-9-6-10-17(13-16)28-22(27)20-18-11-4-5-12-19(18)21(26)25(24-20)14-15-7-2-1-3-8-15/h1-13H,14H2. The van der Waals surface area contributed by atoms with Crippen LogP contribution in [0.25, 0.3) is 10.8 Å². The normalized spacial score (nSPS) is 10.8. The van der Waals surface area contributed by atoms with Gasteiger partial charge < -0.3 is 4.74 Å². The highest BCUT2D eigenvalue weighted by Gasteiger charge is 2.19. The van der Waals surface area contributed by atoms with Crippen LogP contribution in [0, 0.1) is 0 Å². The number of esters is 1. The molecule has 0 N–H and O–H groups in total. The third kappa shape index (κ3) is 3.66. The molecule has 1 heterocycles. The number of hydrogen-bond acceptors (Lipinski definition) is 4. The van der Waals surface area contributed by atoms with Crippen LogP contribution in [0.5, 0.6) is 5.75 Å². The van der Waals surface area contributed by atoms with Crippen molar-refractivity contribution in [2.45, 2.75) is 6.54 Å². The molecule has 4 rings (SSSR count). The number of halogens is 1. The summed E-state index contributed by atoms with van der Waals surface area (Å²) in [7, 11) is 0. The Morgan fingerprint density at radius 3 is 2.39 bits per heavy atom. The second-order valence-electron chi connectivity index (χ2n) is 6.19. The molecule has 5 nitrogen and oxygen atoms in total. The Morgan fingerprint density at radius 2 is 1.64 bits per heavy atom. The Kier molecular flexibility index (Phi) is 4.91. The van der Waals surface area contributed by atoms with Crippen molar-refractivity contribution >= 4 is 28.3 Å². The summed E-state index contributed by atoms with van der Waals surface area (Å²) in [6, 6.07) is 22.9. The number of aromatic nitrogens is 2. The SMILES string of the molecule is O=C(Oc1cccc(Cl)c1)c1nn(Cc2ccccc2)c(=O)c2ccccc12. The maximum absolute atomic E-state index is 12.8. The van der Waals surface area contributed by atoms with Gasteiger partial charge in [-0.15, -0.1) is 0 Å². The Balaban J connectivity index is 1.79. The highest BCUT2D eigenvalue weighted by molar-refractivity contribution is 6.30. The number of carbonyl (C=O) groups is 1. The van der Waals surface area contributed by atoms with Gasteiger partial charge >= 0.3 is 5.97 Å². The zero-order valence-corrected chi connectivity index (χ0v) is 15.5. The van der Waals surface area contributed by atoms with Crippen LogP contribution in [0.1, 0.15) is 16.1 Å². The number of carbonyl (C=O) groups excluding carboxylic acids is 1. The maximum Gasteiger partial charge on any atom is 0.364 e. The van der Waals surface area contributed by atoms with Gasteiger partial charge in [0.2, 0.25) is 0 Å². The van der Waals surface area contributed by atoms with Gasteiger partial charge in [0.05, 0.1) is 11.9 Å². The van der Waals surface area contributed by atoms with Gasteiger partial charge in [0, 0.05) is 10.4 Å². The van der Waals surface area contributed by atoms with E-state index in [-0.39, 0.29) is 17.8 Å². The van der Waals surface area contributed by atoms with Crippen LogP contribution in [0.15, 0.2) is 83.7 Å². The molecule has 0 aliphatic heterocycles. The summed E-state index contributed by atoms with van der Waals surface area (Å²) in [4.78, 5) is 25.7. The third-order valence-corrected chi connectivity index (χ3v) is 4.48. The first-order valence-corrected chi connectivity index (χ1v) is 9.01. The second kappa shape index (κ2) is 7.66. The lowest BCUT2D eigenvalue weighted by atomic mass is 10.1. The lowest BCUT2D eigenvalue weighted by Gasteiger charge is -2.11. The molecule has 0 atom stereocenters. The Labute approximate surface area is 165 Å². The molecule has 0 aliphatic carbocycles. The van der Waals surface area contributed by atoms with E-state index in [4.69, 9.17) is 16.3 Å². The monoisotopic (exact) mass is 390 g/mol. The van der Waals surface area contributed by atoms with Crippen LogP contribution in [0.4, 0.5) is 0 Å². The molecule has 0 saturated heterocycles. The molecule has 0 radical (unpaired) electrons. The fourth-order valence-electron chi connectivity index (χ4n) is 2.94. The molecule has 28 heavy (non-hydrogen) atoms. The minimum atomic E-state index is -0.653. The van der Waals surface area contributed by atoms with E-state index < -0.39 is 5.97 Å². The first kappa shape index (κ1) is 17.9. The molecule has 4 aromatic rings. The van der Waals surface area contributed by atoms with E-state index in [0.29, 0.717) is 21.5 Å². The smallest absolute Gasteiger partial charge is 0.364 e. The van der Waals surface area contributed by atoms with Crippen LogP contribution in [0.3, 0.4) is 0 Å². The first-order valence-electron chi connectivity index (χ1n) is 8.63. The van der Waals surface area contributed by atoms with E-state index in [1.807, 2.05) is 30.3 Å². The number of benzene rings is 3. The molecule has 0 unspecified atom stereocenters. The van der Waals surface area contributed by atoms with Crippen LogP contribution >= 0.6 is 11.6 Å². The molecule has 0 amide bonds. The van der Waals surface area contributed by atoms with Crippen molar-refractivity contribution in [3.05, 3.63) is 105 Å². The Bertz CT molecular complexity index is 1220. The Morgan fingerprint density at radius 1 is 0.929 bits per heavy atom. The third-order valence-electron chi connectivity index (χ3n) is 4.24. The van der Waals surface area contributed by atoms with E-state index in [1.165, 1.54) is 4.68 Å². The van der Waals surface area contributed by atoms with Crippen molar-refractivity contribution in [3.63, 3.8) is 0 Å². The van der Waals surface area contributed by atoms with Gasteiger partial charge in [-0.1, -0.05) is 66.2 Å². The van der Waals surface area contributed by atoms with Gasteiger partial charge in [-0.3, -0.25) is 4.79 Å². The lowest BCUT2D eigenvalue weighted by Crippen LogP contribution is -2.27. The molecule has 0 spiro atoms. The van der Waals surface area contributed by atoms with E-state index >= 15 is 0 Å². The number of fused-ring (bicyclic) bond motifs is 1. The average Bonchev–Trinajstić information content (AvgIpc) is 2.71. The fourth-order valence-corrected chi connectivity index (χ4v) is 3.12. The number of rotatable bonds is 4. The van der Waals surface area contributed by atoms with Crippen LogP contribution < -0.4 is 10.3 Å². The van der Waals surface area contributed by atoms with Crippen molar-refractivity contribution in [1.82, 2.24) is 9.78 Å². The quantitative estimate of drug-likeness (QED) is 0.384. The van der Waals surface area contributed by atoms with Gasteiger partial charge in [-0.2, -0.15) is 5.10 Å². The molecule has 138 valence electrons. The van der Waals surface area contributed by atoms with Gasteiger partial charge in [0.25, 0.3) is 5.56 Å². The van der Waals surface area contributed by atoms with Crippen LogP contribution in [-0.4, -0.2) is 15.7 Å². The molecule has 3 aromatic carbocycles. The van der Waals surface area contributed by atoms with Crippen LogP contribution in [-0.2, 0) is 6.54 Å². The van der Waals surface area contributed by atoms with Gasteiger partial charge in [-0.25, -0.2) is 9.48 Å². The van der Waals surface area contributed by atoms with Crippen LogP contribution in [0.2, 0.25) is 5.02 Å². The Hall–Kier alpha value is -3.44. The topological polar surface area (TPSA) is 61.2 Å². The minimum Gasteiger partial charge on any atom is -0.422 e. The van der Waals surface area contributed by atoms with E-state index in [2.05, 4.69) is 5.10 Å². The van der Waals surface area contributed by atoms with E-state index in [1.54, 1.807) is 48.5 Å². The lowest BCUT2D eigenvalue weighted by molar-refractivity contribution is 0.0728. The second-order valence-corrected chi connectivity index (χ2v) is 6.63. The molecule has 6 heteroatoms. The summed E-state index contributed by atoms with van der Waals surface area (Å²) in [5.74, 6) is -0.343. The number of ether oxygens (including phenoxy) is 1. The number of nitrogens with zero attached hydrogens (tertiary/aromatic N) is 2. The first-order chi connectivity index (χ1) is 13.6. The predicted molar refractivity (Wildman–Crippen MR) is 108 cm³/mol. The fraction of sp³-hybridized carbons (Fsp3) is 0.0455. The highest BCUT2D eigenvalue weighted by Crippen LogP contribution is 2.20. The van der Waals surface area contributed by atoms with Crippen molar-refractivity contribution in [1.29, 1.82) is 0 Å². The molecule has 0 aliphatic rings. The largest absolute Gasteiger partial charge is 0.422 e. The van der Waals surface area contributed by atoms with E-state index in [9.17, 15) is 9.59 Å². The number of hydrogen-bond donors (Lipinski definition) is 0. The van der Waals surface area contributed by atoms with E-state index in [0.717, 1.165) is 5.56 Å². The summed E-state index contributed by atoms with van der Waals surface area (Å²) in [6.45, 7) is 0.252. The summed E-state index contributed by atoms with van der Waals surface area (Å²) in [5, 5.41) is 5.62. The summed E-state index contributed by atoms with van der Waals surface area (Å²) < 4.78 is 6.72. The van der Waals surface area contributed by atoms with Crippen molar-refractivity contribution in [2.75, 3.05) is 0 Å². The van der Waals surface area contributed by atoms with Gasteiger partial charge in [-0.05, 0) is 29.8 Å². The summed E-state index contributed by atoms with van der Waals surface area (Å²) in [5.41, 5.74) is 0.714.